The van der Waals surface area contributed by atoms with E-state index in [0.717, 1.165) is 4.90 Å². The maximum atomic E-state index is 13.0. The molecule has 2 aliphatic heterocycles. The molecule has 3 aromatic rings. The summed E-state index contributed by atoms with van der Waals surface area (Å²) >= 11 is 17.3. The average Bonchev–Trinajstić information content (AvgIpc) is 3.54. The number of aliphatic hydroxyl groups is 1. The number of hydrogen-bond donors (Lipinski definition) is 4. The highest BCUT2D eigenvalue weighted by Crippen LogP contribution is 2.42. The zero-order chi connectivity index (χ0) is 31.5. The predicted octanol–water partition coefficient (Wildman–Crippen LogP) is 4.32. The van der Waals surface area contributed by atoms with Gasteiger partial charge in [0.05, 0.1) is 10.8 Å². The van der Waals surface area contributed by atoms with Gasteiger partial charge in [-0.05, 0) is 35.2 Å². The smallest absolute Gasteiger partial charge is 0.376 e. The topological polar surface area (TPSA) is 148 Å². The number of halogens is 2. The van der Waals surface area contributed by atoms with Crippen molar-refractivity contribution in [2.45, 2.75) is 33.4 Å². The van der Waals surface area contributed by atoms with Gasteiger partial charge in [0, 0.05) is 43.3 Å². The van der Waals surface area contributed by atoms with Crippen LogP contribution in [0.15, 0.2) is 81.3 Å². The molecule has 44 heavy (non-hydrogen) atoms. The standard InChI is InChI=1S/C28H23Cl2N3O7S4/c29-15-3-4-17(30)19(10-15)43-13-20(34)31-21-25(36)33-22(27(37)38)14(12-44-26(21)33)11-42-16-5-7-32(8-6-16)23(28(39)40)24(35)18-2-1-9-41-18/h1-10,21,23-24,26,35H,11-13H2,(H2-,31,34,37,38,39,40)/p+1/t21-,23?,24?,26-/m1/s1. The van der Waals surface area contributed by atoms with Crippen molar-refractivity contribution in [1.29, 1.82) is 0 Å². The number of aliphatic hydroxyl groups excluding tert-OH is 1. The number of thioether (sulfide) groups is 3. The number of pyridine rings is 1. The van der Waals surface area contributed by atoms with Crippen molar-refractivity contribution in [2.24, 2.45) is 0 Å². The number of hydrogen-bond acceptors (Lipinski definition) is 9. The second-order valence-electron chi connectivity index (χ2n) is 9.59. The van der Waals surface area contributed by atoms with Gasteiger partial charge < -0.3 is 20.6 Å². The summed E-state index contributed by atoms with van der Waals surface area (Å²) in [5.74, 6) is -2.66. The van der Waals surface area contributed by atoms with E-state index in [1.165, 1.54) is 56.1 Å². The van der Waals surface area contributed by atoms with Gasteiger partial charge in [-0.1, -0.05) is 29.3 Å². The Morgan fingerprint density at radius 1 is 1.11 bits per heavy atom. The Kier molecular flexibility index (Phi) is 10.5. The first-order valence-corrected chi connectivity index (χ1v) is 17.6. The van der Waals surface area contributed by atoms with E-state index in [0.29, 0.717) is 31.1 Å². The van der Waals surface area contributed by atoms with E-state index in [1.54, 1.807) is 60.2 Å². The molecule has 0 aliphatic carbocycles. The number of nitrogens with one attached hydrogen (secondary N) is 1. The zero-order valence-electron chi connectivity index (χ0n) is 22.5. The number of fused-ring (bicyclic) bond motifs is 1. The van der Waals surface area contributed by atoms with Crippen LogP contribution in [0.3, 0.4) is 0 Å². The molecule has 0 radical (unpaired) electrons. The maximum Gasteiger partial charge on any atom is 0.376 e. The first kappa shape index (κ1) is 32.7. The molecule has 0 bridgehead atoms. The summed E-state index contributed by atoms with van der Waals surface area (Å²) < 4.78 is 1.41. The Morgan fingerprint density at radius 3 is 2.52 bits per heavy atom. The summed E-state index contributed by atoms with van der Waals surface area (Å²) in [4.78, 5) is 52.9. The molecule has 5 rings (SSSR count). The number of carbonyl (C=O) groups excluding carboxylic acids is 2. The van der Waals surface area contributed by atoms with Gasteiger partial charge in [0.25, 0.3) is 11.9 Å². The van der Waals surface area contributed by atoms with Crippen molar-refractivity contribution < 1.29 is 39.1 Å². The van der Waals surface area contributed by atoms with Crippen molar-refractivity contribution >= 4 is 93.6 Å². The van der Waals surface area contributed by atoms with Crippen LogP contribution in [0.25, 0.3) is 0 Å². The summed E-state index contributed by atoms with van der Waals surface area (Å²) in [6.45, 7) is 0. The number of thiophene rings is 1. The normalized spacial score (nSPS) is 19.2. The van der Waals surface area contributed by atoms with E-state index < -0.39 is 41.4 Å². The first-order valence-electron chi connectivity index (χ1n) is 12.9. The molecule has 4 N–H and O–H groups in total. The fraction of sp³-hybridized carbons (Fsp3) is 0.250. The first-order chi connectivity index (χ1) is 21.0. The second kappa shape index (κ2) is 14.1. The van der Waals surface area contributed by atoms with Gasteiger partial charge in [-0.2, -0.15) is 4.57 Å². The molecule has 2 unspecified atom stereocenters. The van der Waals surface area contributed by atoms with Crippen LogP contribution in [0.4, 0.5) is 0 Å². The van der Waals surface area contributed by atoms with Gasteiger partial charge in [0.15, 0.2) is 18.5 Å². The third kappa shape index (κ3) is 7.06. The number of β-lactam (4-membered cyclic amide) rings is 1. The third-order valence-electron chi connectivity index (χ3n) is 6.76. The molecular formula is C28H24Cl2N3O7S4+. The third-order valence-corrected chi connectivity index (χ3v) is 11.9. The van der Waals surface area contributed by atoms with Crippen LogP contribution in [0.2, 0.25) is 10.0 Å². The van der Waals surface area contributed by atoms with Gasteiger partial charge in [0.2, 0.25) is 5.91 Å². The summed E-state index contributed by atoms with van der Waals surface area (Å²) in [6, 6.07) is 9.65. The monoisotopic (exact) mass is 712 g/mol. The average molecular weight is 714 g/mol. The van der Waals surface area contributed by atoms with Gasteiger partial charge >= 0.3 is 11.9 Å². The highest BCUT2D eigenvalue weighted by atomic mass is 35.5. The highest BCUT2D eigenvalue weighted by molar-refractivity contribution is 8.01. The zero-order valence-corrected chi connectivity index (χ0v) is 27.2. The molecule has 1 fully saturated rings. The SMILES string of the molecule is O=C(CSc1cc(Cl)ccc1Cl)N[C@@H]1C(=O)N2C(C(=O)O)=C(CSc3cc[n+](C(C(=O)O)C(O)c4cccs4)cc3)CS[C@H]12. The number of carbonyl (C=O) groups is 4. The summed E-state index contributed by atoms with van der Waals surface area (Å²) in [5, 5.41) is 35.2. The largest absolute Gasteiger partial charge is 0.477 e. The maximum absolute atomic E-state index is 13.0. The van der Waals surface area contributed by atoms with E-state index in [2.05, 4.69) is 5.32 Å². The molecule has 4 heterocycles. The van der Waals surface area contributed by atoms with Crippen LogP contribution in [0, 0.1) is 0 Å². The Labute approximate surface area is 278 Å². The highest BCUT2D eigenvalue weighted by Gasteiger charge is 2.54. The number of carboxylic acids is 2. The molecule has 230 valence electrons. The van der Waals surface area contributed by atoms with Crippen LogP contribution in [0.5, 0.6) is 0 Å². The minimum absolute atomic E-state index is 0.00201. The quantitative estimate of drug-likeness (QED) is 0.122. The van der Waals surface area contributed by atoms with E-state index in [9.17, 15) is 34.5 Å². The molecule has 1 aromatic carbocycles. The summed E-state index contributed by atoms with van der Waals surface area (Å²) in [5.41, 5.74) is 0.467. The predicted molar refractivity (Wildman–Crippen MR) is 170 cm³/mol. The lowest BCUT2D eigenvalue weighted by Gasteiger charge is -2.49. The summed E-state index contributed by atoms with van der Waals surface area (Å²) in [7, 11) is 0. The van der Waals surface area contributed by atoms with Crippen molar-refractivity contribution in [3.05, 3.63) is 86.4 Å². The van der Waals surface area contributed by atoms with E-state index in [1.807, 2.05) is 0 Å². The van der Waals surface area contributed by atoms with Crippen molar-refractivity contribution in [3.63, 3.8) is 0 Å². The number of carboxylic acid groups (broad SMARTS) is 2. The molecule has 16 heteroatoms. The lowest BCUT2D eigenvalue weighted by atomic mass is 10.0. The Bertz CT molecular complexity index is 1620. The lowest BCUT2D eigenvalue weighted by molar-refractivity contribution is -0.719. The molecule has 0 saturated carbocycles. The molecular weight excluding hydrogens is 689 g/mol. The Hall–Kier alpha value is -2.72. The van der Waals surface area contributed by atoms with Crippen LogP contribution < -0.4 is 9.88 Å². The molecule has 0 spiro atoms. The molecule has 2 aliphatic rings. The summed E-state index contributed by atoms with van der Waals surface area (Å²) in [6.07, 6.45) is 1.89. The van der Waals surface area contributed by atoms with Gasteiger partial charge in [0.1, 0.15) is 17.1 Å². The number of aliphatic carboxylic acids is 2. The lowest BCUT2D eigenvalue weighted by Crippen LogP contribution is -2.70. The van der Waals surface area contributed by atoms with Crippen molar-refractivity contribution in [1.82, 2.24) is 10.2 Å². The van der Waals surface area contributed by atoms with Gasteiger partial charge in [-0.25, -0.2) is 9.59 Å². The minimum atomic E-state index is -1.23. The van der Waals surface area contributed by atoms with Crippen LogP contribution in [-0.2, 0) is 19.2 Å². The number of amides is 2. The van der Waals surface area contributed by atoms with Gasteiger partial charge in [-0.15, -0.1) is 46.6 Å². The number of rotatable bonds is 12. The van der Waals surface area contributed by atoms with Gasteiger partial charge in [-0.3, -0.25) is 14.5 Å². The molecule has 4 atom stereocenters. The fourth-order valence-corrected chi connectivity index (χ4v) is 9.07. The van der Waals surface area contributed by atoms with E-state index in [4.69, 9.17) is 23.2 Å². The van der Waals surface area contributed by atoms with Crippen LogP contribution in [-0.4, -0.2) is 72.6 Å². The van der Waals surface area contributed by atoms with Crippen molar-refractivity contribution in [3.8, 4) is 0 Å². The molecule has 2 aromatic heterocycles. The molecule has 10 nitrogen and oxygen atoms in total. The van der Waals surface area contributed by atoms with E-state index in [-0.39, 0.29) is 23.1 Å². The number of nitrogens with zero attached hydrogens (tertiary/aromatic N) is 2. The minimum Gasteiger partial charge on any atom is -0.477 e. The van der Waals surface area contributed by atoms with Crippen molar-refractivity contribution in [2.75, 3.05) is 17.3 Å². The molecule has 2 amide bonds. The Morgan fingerprint density at radius 2 is 1.86 bits per heavy atom. The van der Waals surface area contributed by atoms with E-state index >= 15 is 0 Å². The van der Waals surface area contributed by atoms with Crippen LogP contribution >= 0.6 is 69.8 Å². The fourth-order valence-electron chi connectivity index (χ4n) is 4.66. The number of aromatic nitrogens is 1. The second-order valence-corrected chi connectivity index (χ2v) is 14.6. The Balaban J connectivity index is 1.21. The van der Waals surface area contributed by atoms with Crippen LogP contribution in [0.1, 0.15) is 17.0 Å². The number of benzene rings is 1. The molecule has 1 saturated heterocycles.